The average molecular weight is 212 g/mol. The van der Waals surface area contributed by atoms with E-state index in [4.69, 9.17) is 10.5 Å². The number of ether oxygens (including phenoxy) is 1. The van der Waals surface area contributed by atoms with Gasteiger partial charge in [0.25, 0.3) is 0 Å². The second-order valence-corrected chi connectivity index (χ2v) is 5.54. The van der Waals surface area contributed by atoms with Crippen molar-refractivity contribution in [1.29, 1.82) is 0 Å². The molecule has 2 unspecified atom stereocenters. The van der Waals surface area contributed by atoms with E-state index in [1.807, 2.05) is 0 Å². The van der Waals surface area contributed by atoms with Gasteiger partial charge < -0.3 is 15.8 Å². The minimum absolute atomic E-state index is 0.354. The van der Waals surface area contributed by atoms with Gasteiger partial charge in [-0.15, -0.1) is 0 Å². The predicted octanol–water partition coefficient (Wildman–Crippen LogP) is 1.13. The van der Waals surface area contributed by atoms with E-state index in [2.05, 4.69) is 19.2 Å². The number of nitrogens with one attached hydrogen (secondary N) is 1. The third kappa shape index (κ3) is 2.05. The van der Waals surface area contributed by atoms with Crippen LogP contribution in [0, 0.1) is 11.3 Å². The van der Waals surface area contributed by atoms with Gasteiger partial charge in [0.2, 0.25) is 0 Å². The summed E-state index contributed by atoms with van der Waals surface area (Å²) in [5, 5.41) is 3.67. The second kappa shape index (κ2) is 4.40. The topological polar surface area (TPSA) is 47.3 Å². The molecule has 88 valence electrons. The van der Waals surface area contributed by atoms with Gasteiger partial charge in [-0.1, -0.05) is 13.8 Å². The maximum atomic E-state index is 6.19. The van der Waals surface area contributed by atoms with Gasteiger partial charge in [0.05, 0.1) is 0 Å². The van der Waals surface area contributed by atoms with Crippen molar-refractivity contribution in [3.63, 3.8) is 0 Å². The molecule has 1 saturated carbocycles. The molecule has 3 nitrogen and oxygen atoms in total. The molecule has 1 aliphatic carbocycles. The van der Waals surface area contributed by atoms with E-state index in [1.54, 1.807) is 0 Å². The van der Waals surface area contributed by atoms with Crippen molar-refractivity contribution in [2.24, 2.45) is 17.1 Å². The minimum atomic E-state index is 0.354. The van der Waals surface area contributed by atoms with Crippen molar-refractivity contribution < 1.29 is 4.74 Å². The highest BCUT2D eigenvalue weighted by atomic mass is 16.5. The van der Waals surface area contributed by atoms with Crippen LogP contribution in [-0.4, -0.2) is 31.8 Å². The summed E-state index contributed by atoms with van der Waals surface area (Å²) in [6, 6.07) is 1.03. The smallest absolute Gasteiger partial charge is 0.0472 e. The first-order valence-electron chi connectivity index (χ1n) is 6.22. The average Bonchev–Trinajstić information content (AvgIpc) is 2.25. The van der Waals surface area contributed by atoms with Crippen molar-refractivity contribution in [3.05, 3.63) is 0 Å². The Hall–Kier alpha value is -0.120. The SMILES string of the molecule is CC(C)CNC1CC(N)C12CCOCC2. The summed E-state index contributed by atoms with van der Waals surface area (Å²) in [7, 11) is 0. The third-order valence-corrected chi connectivity index (χ3v) is 4.12. The molecule has 0 aromatic rings. The monoisotopic (exact) mass is 212 g/mol. The zero-order valence-electron chi connectivity index (χ0n) is 9.96. The highest BCUT2D eigenvalue weighted by Gasteiger charge is 2.53. The summed E-state index contributed by atoms with van der Waals surface area (Å²) in [6.45, 7) is 7.41. The molecule has 0 radical (unpaired) electrons. The fourth-order valence-corrected chi connectivity index (χ4v) is 2.96. The molecule has 1 saturated heterocycles. The molecule has 0 amide bonds. The molecule has 0 aromatic carbocycles. The Morgan fingerprint density at radius 1 is 1.40 bits per heavy atom. The van der Waals surface area contributed by atoms with Crippen LogP contribution in [0.25, 0.3) is 0 Å². The molecule has 1 aliphatic heterocycles. The standard InChI is InChI=1S/C12H24N2O/c1-9(2)8-14-11-7-10(13)12(11)3-5-15-6-4-12/h9-11,14H,3-8,13H2,1-2H3. The maximum absolute atomic E-state index is 6.19. The van der Waals surface area contributed by atoms with Crippen LogP contribution in [-0.2, 0) is 4.74 Å². The van der Waals surface area contributed by atoms with Crippen molar-refractivity contribution in [2.75, 3.05) is 19.8 Å². The molecule has 0 aromatic heterocycles. The first-order valence-corrected chi connectivity index (χ1v) is 6.22. The van der Waals surface area contributed by atoms with Crippen molar-refractivity contribution in [2.45, 2.75) is 45.2 Å². The van der Waals surface area contributed by atoms with Gasteiger partial charge >= 0.3 is 0 Å². The Morgan fingerprint density at radius 3 is 2.60 bits per heavy atom. The number of rotatable bonds is 3. The lowest BCUT2D eigenvalue weighted by molar-refractivity contribution is -0.0712. The van der Waals surface area contributed by atoms with Crippen LogP contribution in [0.3, 0.4) is 0 Å². The molecule has 2 aliphatic rings. The van der Waals surface area contributed by atoms with E-state index < -0.39 is 0 Å². The van der Waals surface area contributed by atoms with Crippen LogP contribution < -0.4 is 11.1 Å². The van der Waals surface area contributed by atoms with Gasteiger partial charge in [-0.25, -0.2) is 0 Å². The van der Waals surface area contributed by atoms with Gasteiger partial charge in [0, 0.05) is 30.7 Å². The predicted molar refractivity (Wildman–Crippen MR) is 61.7 cm³/mol. The summed E-state index contributed by atoms with van der Waals surface area (Å²) in [5.41, 5.74) is 6.54. The third-order valence-electron chi connectivity index (χ3n) is 4.12. The van der Waals surface area contributed by atoms with Crippen LogP contribution in [0.2, 0.25) is 0 Å². The lowest BCUT2D eigenvalue weighted by Gasteiger charge is -2.57. The van der Waals surface area contributed by atoms with E-state index in [0.717, 1.165) is 44.9 Å². The molecule has 2 rings (SSSR count). The van der Waals surface area contributed by atoms with Gasteiger partial charge in [0.15, 0.2) is 0 Å². The van der Waals surface area contributed by atoms with Crippen molar-refractivity contribution >= 4 is 0 Å². The second-order valence-electron chi connectivity index (χ2n) is 5.54. The molecule has 15 heavy (non-hydrogen) atoms. The summed E-state index contributed by atoms with van der Waals surface area (Å²) >= 11 is 0. The fourth-order valence-electron chi connectivity index (χ4n) is 2.96. The fraction of sp³-hybridized carbons (Fsp3) is 1.00. The largest absolute Gasteiger partial charge is 0.381 e. The van der Waals surface area contributed by atoms with Crippen LogP contribution in [0.15, 0.2) is 0 Å². The van der Waals surface area contributed by atoms with Gasteiger partial charge in [-0.2, -0.15) is 0 Å². The van der Waals surface area contributed by atoms with Gasteiger partial charge in [-0.05, 0) is 31.7 Å². The van der Waals surface area contributed by atoms with E-state index in [0.29, 0.717) is 17.5 Å². The first-order chi connectivity index (χ1) is 7.15. The Bertz CT molecular complexity index is 212. The van der Waals surface area contributed by atoms with Crippen molar-refractivity contribution in [3.8, 4) is 0 Å². The summed E-state index contributed by atoms with van der Waals surface area (Å²) in [5.74, 6) is 0.721. The number of hydrogen-bond acceptors (Lipinski definition) is 3. The summed E-state index contributed by atoms with van der Waals surface area (Å²) < 4.78 is 5.44. The molecule has 3 heteroatoms. The zero-order valence-corrected chi connectivity index (χ0v) is 9.96. The summed E-state index contributed by atoms with van der Waals surface area (Å²) in [4.78, 5) is 0. The number of nitrogens with two attached hydrogens (primary N) is 1. The van der Waals surface area contributed by atoms with E-state index >= 15 is 0 Å². The summed E-state index contributed by atoms with van der Waals surface area (Å²) in [6.07, 6.45) is 3.43. The molecule has 0 bridgehead atoms. The molecule has 1 spiro atoms. The highest BCUT2D eigenvalue weighted by molar-refractivity contribution is 5.09. The van der Waals surface area contributed by atoms with Crippen LogP contribution in [0.4, 0.5) is 0 Å². The van der Waals surface area contributed by atoms with Crippen molar-refractivity contribution in [1.82, 2.24) is 5.32 Å². The van der Waals surface area contributed by atoms with E-state index in [-0.39, 0.29) is 0 Å². The van der Waals surface area contributed by atoms with Gasteiger partial charge in [0.1, 0.15) is 0 Å². The van der Waals surface area contributed by atoms with Crippen LogP contribution in [0.5, 0.6) is 0 Å². The van der Waals surface area contributed by atoms with Gasteiger partial charge in [-0.3, -0.25) is 0 Å². The number of hydrogen-bond donors (Lipinski definition) is 2. The minimum Gasteiger partial charge on any atom is -0.381 e. The van der Waals surface area contributed by atoms with E-state index in [1.165, 1.54) is 0 Å². The molecular formula is C12H24N2O. The normalized spacial score (nSPS) is 34.4. The maximum Gasteiger partial charge on any atom is 0.0472 e. The Morgan fingerprint density at radius 2 is 2.07 bits per heavy atom. The highest BCUT2D eigenvalue weighted by Crippen LogP contribution is 2.47. The Balaban J connectivity index is 1.90. The first kappa shape index (κ1) is 11.4. The Labute approximate surface area is 92.7 Å². The lowest BCUT2D eigenvalue weighted by atomic mass is 9.56. The van der Waals surface area contributed by atoms with Crippen LogP contribution in [0.1, 0.15) is 33.1 Å². The van der Waals surface area contributed by atoms with Crippen LogP contribution >= 0.6 is 0 Å². The zero-order chi connectivity index (χ0) is 10.9. The Kier molecular flexibility index (Phi) is 3.33. The lowest BCUT2D eigenvalue weighted by Crippen LogP contribution is -2.68. The molecule has 1 heterocycles. The molecule has 2 atom stereocenters. The molecule has 2 fully saturated rings. The molecule has 3 N–H and O–H groups in total. The molecular weight excluding hydrogens is 188 g/mol. The van der Waals surface area contributed by atoms with E-state index in [9.17, 15) is 0 Å². The quantitative estimate of drug-likeness (QED) is 0.737.